The molecule has 0 atom stereocenters. The van der Waals surface area contributed by atoms with Crippen LogP contribution < -0.4 is 4.90 Å². The van der Waals surface area contributed by atoms with E-state index in [1.54, 1.807) is 0 Å². The molecule has 1 aliphatic rings. The Hall–Kier alpha value is -6.71. The number of fused-ring (bicyclic) bond motifs is 6. The van der Waals surface area contributed by atoms with E-state index in [9.17, 15) is 0 Å². The summed E-state index contributed by atoms with van der Waals surface area (Å²) in [5, 5.41) is 7.75. The summed E-state index contributed by atoms with van der Waals surface area (Å²) in [6, 6.07) is 65.8. The van der Waals surface area contributed by atoms with Crippen LogP contribution in [-0.2, 0) is 5.41 Å². The van der Waals surface area contributed by atoms with E-state index in [0.717, 1.165) is 56.2 Å². The number of hydrogen-bond acceptors (Lipinski definition) is 2. The molecule has 258 valence electrons. The maximum Gasteiger partial charge on any atom is 0.0963 e. The molecule has 2 aromatic heterocycles. The quantitative estimate of drug-likeness (QED) is 0.173. The van der Waals surface area contributed by atoms with Gasteiger partial charge >= 0.3 is 0 Å². The Labute approximate surface area is 316 Å². The number of rotatable bonds is 6. The second-order valence-corrected chi connectivity index (χ2v) is 14.9. The van der Waals surface area contributed by atoms with Gasteiger partial charge in [-0.15, -0.1) is 0 Å². The molecular formula is C51H39N3. The molecule has 0 saturated carbocycles. The lowest BCUT2D eigenvalue weighted by atomic mass is 9.82. The van der Waals surface area contributed by atoms with Crippen molar-refractivity contribution >= 4 is 33.4 Å². The van der Waals surface area contributed by atoms with E-state index in [-0.39, 0.29) is 5.41 Å². The molecule has 3 heteroatoms. The molecule has 3 nitrogen and oxygen atoms in total. The van der Waals surface area contributed by atoms with Gasteiger partial charge in [-0.25, -0.2) is 4.52 Å². The van der Waals surface area contributed by atoms with Crippen molar-refractivity contribution in [2.75, 3.05) is 4.90 Å². The van der Waals surface area contributed by atoms with Crippen molar-refractivity contribution < 1.29 is 0 Å². The molecule has 0 bridgehead atoms. The fourth-order valence-corrected chi connectivity index (χ4v) is 8.65. The van der Waals surface area contributed by atoms with Crippen LogP contribution in [0.15, 0.2) is 182 Å². The number of para-hydroxylation sites is 1. The van der Waals surface area contributed by atoms with Gasteiger partial charge in [0, 0.05) is 44.6 Å². The Bertz CT molecular complexity index is 2860. The van der Waals surface area contributed by atoms with Gasteiger partial charge in [0.2, 0.25) is 0 Å². The van der Waals surface area contributed by atoms with Crippen LogP contribution in [0.4, 0.5) is 17.1 Å². The zero-order valence-electron chi connectivity index (χ0n) is 30.7. The van der Waals surface area contributed by atoms with Gasteiger partial charge in [-0.1, -0.05) is 147 Å². The SMILES string of the molecule is Cc1c(-c2cccc(-c3cccc(N(c4ccccc4)c4ccc5c(c4)C(C)(C)c4ccccc4-5)c3)c2)nn2c(-c3ccccc3)cc3ccccc3c12. The van der Waals surface area contributed by atoms with E-state index in [1.807, 2.05) is 0 Å². The highest BCUT2D eigenvalue weighted by Crippen LogP contribution is 2.50. The summed E-state index contributed by atoms with van der Waals surface area (Å²) < 4.78 is 2.14. The molecule has 0 unspecified atom stereocenters. The Kier molecular flexibility index (Phi) is 7.38. The van der Waals surface area contributed by atoms with E-state index < -0.39 is 0 Å². The number of benzene rings is 7. The number of aryl methyl sites for hydroxylation is 1. The average Bonchev–Trinajstić information content (AvgIpc) is 3.69. The Balaban J connectivity index is 1.08. The largest absolute Gasteiger partial charge is 0.310 e. The highest BCUT2D eigenvalue weighted by molar-refractivity contribution is 6.01. The molecule has 9 aromatic rings. The third-order valence-corrected chi connectivity index (χ3v) is 11.3. The minimum absolute atomic E-state index is 0.0865. The predicted molar refractivity (Wildman–Crippen MR) is 226 cm³/mol. The van der Waals surface area contributed by atoms with E-state index >= 15 is 0 Å². The summed E-state index contributed by atoms with van der Waals surface area (Å²) in [6.07, 6.45) is 0. The highest BCUT2D eigenvalue weighted by Gasteiger charge is 2.35. The number of aromatic nitrogens is 2. The standard InChI is InChI=1S/C51H39N3/c1-34-49(52-54-48(35-16-6-4-7-17-35)32-38-18-10-11-25-43(38)50(34)54)39-21-14-19-36(30-39)37-20-15-24-41(31-37)53(40-22-8-5-9-23-40)42-28-29-45-44-26-12-13-27-46(44)51(2,3)47(45)33-42/h4-33H,1-3H3. The third-order valence-electron chi connectivity index (χ3n) is 11.3. The van der Waals surface area contributed by atoms with Gasteiger partial charge in [0.05, 0.1) is 16.9 Å². The van der Waals surface area contributed by atoms with E-state index in [2.05, 4.69) is 212 Å². The molecule has 0 N–H and O–H groups in total. The Morgan fingerprint density at radius 2 is 1.09 bits per heavy atom. The van der Waals surface area contributed by atoms with Gasteiger partial charge in [0.25, 0.3) is 0 Å². The molecule has 10 rings (SSSR count). The number of nitrogens with zero attached hydrogens (tertiary/aromatic N) is 3. The minimum Gasteiger partial charge on any atom is -0.310 e. The van der Waals surface area contributed by atoms with Crippen molar-refractivity contribution in [1.29, 1.82) is 0 Å². The maximum atomic E-state index is 5.33. The minimum atomic E-state index is -0.0865. The summed E-state index contributed by atoms with van der Waals surface area (Å²) in [5.74, 6) is 0. The number of anilines is 3. The fourth-order valence-electron chi connectivity index (χ4n) is 8.65. The lowest BCUT2D eigenvalue weighted by Crippen LogP contribution is -2.16. The van der Waals surface area contributed by atoms with E-state index in [0.29, 0.717) is 0 Å². The molecule has 0 saturated heterocycles. The summed E-state index contributed by atoms with van der Waals surface area (Å²) in [7, 11) is 0. The molecule has 0 fully saturated rings. The molecule has 54 heavy (non-hydrogen) atoms. The monoisotopic (exact) mass is 693 g/mol. The molecule has 0 amide bonds. The van der Waals surface area contributed by atoms with Crippen molar-refractivity contribution in [2.45, 2.75) is 26.2 Å². The van der Waals surface area contributed by atoms with Gasteiger partial charge in [-0.05, 0) is 94.2 Å². The van der Waals surface area contributed by atoms with Crippen LogP contribution in [0.3, 0.4) is 0 Å². The topological polar surface area (TPSA) is 20.5 Å². The van der Waals surface area contributed by atoms with Gasteiger partial charge in [-0.2, -0.15) is 5.10 Å². The van der Waals surface area contributed by atoms with Crippen molar-refractivity contribution in [2.24, 2.45) is 0 Å². The van der Waals surface area contributed by atoms with Crippen molar-refractivity contribution in [3.63, 3.8) is 0 Å². The summed E-state index contributed by atoms with van der Waals surface area (Å²) in [5.41, 5.74) is 17.6. The van der Waals surface area contributed by atoms with Gasteiger partial charge < -0.3 is 4.90 Å². The first kappa shape index (κ1) is 32.0. The first-order valence-corrected chi connectivity index (χ1v) is 18.7. The summed E-state index contributed by atoms with van der Waals surface area (Å²) >= 11 is 0. The van der Waals surface area contributed by atoms with E-state index in [4.69, 9.17) is 5.10 Å². The maximum absolute atomic E-state index is 5.33. The molecule has 0 aliphatic heterocycles. The normalized spacial score (nSPS) is 12.9. The fraction of sp³-hybridized carbons (Fsp3) is 0.0784. The third kappa shape index (κ3) is 5.08. The second-order valence-electron chi connectivity index (χ2n) is 14.9. The van der Waals surface area contributed by atoms with Crippen LogP contribution in [0.25, 0.3) is 61.1 Å². The second kappa shape index (κ2) is 12.5. The summed E-state index contributed by atoms with van der Waals surface area (Å²) in [4.78, 5) is 2.38. The van der Waals surface area contributed by atoms with Crippen LogP contribution >= 0.6 is 0 Å². The first-order chi connectivity index (χ1) is 26.5. The van der Waals surface area contributed by atoms with Crippen LogP contribution in [0.5, 0.6) is 0 Å². The van der Waals surface area contributed by atoms with Gasteiger partial charge in [0.1, 0.15) is 0 Å². The molecular weight excluding hydrogens is 655 g/mol. The van der Waals surface area contributed by atoms with Crippen molar-refractivity contribution in [3.8, 4) is 44.8 Å². The number of pyridine rings is 1. The smallest absolute Gasteiger partial charge is 0.0963 e. The average molecular weight is 694 g/mol. The Morgan fingerprint density at radius 1 is 0.481 bits per heavy atom. The molecule has 0 spiro atoms. The first-order valence-electron chi connectivity index (χ1n) is 18.7. The van der Waals surface area contributed by atoms with Crippen LogP contribution in [0.2, 0.25) is 0 Å². The number of hydrogen-bond donors (Lipinski definition) is 0. The van der Waals surface area contributed by atoms with Crippen molar-refractivity contribution in [3.05, 3.63) is 199 Å². The lowest BCUT2D eigenvalue weighted by molar-refractivity contribution is 0.660. The highest BCUT2D eigenvalue weighted by atomic mass is 15.2. The Morgan fingerprint density at radius 3 is 1.93 bits per heavy atom. The molecule has 0 radical (unpaired) electrons. The predicted octanol–water partition coefficient (Wildman–Crippen LogP) is 13.6. The lowest BCUT2D eigenvalue weighted by Gasteiger charge is -2.28. The van der Waals surface area contributed by atoms with Gasteiger partial charge in [0.15, 0.2) is 0 Å². The summed E-state index contributed by atoms with van der Waals surface area (Å²) in [6.45, 7) is 6.90. The zero-order chi connectivity index (χ0) is 36.4. The molecule has 1 aliphatic carbocycles. The zero-order valence-corrected chi connectivity index (χ0v) is 30.7. The van der Waals surface area contributed by atoms with Crippen LogP contribution in [-0.4, -0.2) is 9.61 Å². The van der Waals surface area contributed by atoms with E-state index in [1.165, 1.54) is 38.6 Å². The van der Waals surface area contributed by atoms with Crippen molar-refractivity contribution in [1.82, 2.24) is 9.61 Å². The molecule has 7 aromatic carbocycles. The molecule has 2 heterocycles. The van der Waals surface area contributed by atoms with Crippen LogP contribution in [0, 0.1) is 6.92 Å². The van der Waals surface area contributed by atoms with Crippen LogP contribution in [0.1, 0.15) is 30.5 Å². The van der Waals surface area contributed by atoms with Gasteiger partial charge in [-0.3, -0.25) is 0 Å².